The lowest BCUT2D eigenvalue weighted by Gasteiger charge is -2.09. The molecule has 0 bridgehead atoms. The van der Waals surface area contributed by atoms with Gasteiger partial charge in [0.1, 0.15) is 0 Å². The third-order valence-corrected chi connectivity index (χ3v) is 2.83. The number of carbonyl (C=O) groups excluding carboxylic acids is 1. The number of hydrogen-bond acceptors (Lipinski definition) is 3. The maximum Gasteiger partial charge on any atom is 0.319 e. The monoisotopic (exact) mass is 308 g/mol. The van der Waals surface area contributed by atoms with Crippen molar-refractivity contribution in [2.24, 2.45) is 0 Å². The van der Waals surface area contributed by atoms with Crippen LogP contribution < -0.4 is 16.2 Å². The number of urea groups is 1. The molecule has 0 aliphatic carbocycles. The SMILES string of the molecule is Cc1cc(=O)n(CCNC(=O)Nc2ccc(F)c(F)c2)cn1. The Bertz CT molecular complexity index is 746. The molecule has 2 rings (SSSR count). The first-order valence-electron chi connectivity index (χ1n) is 6.48. The van der Waals surface area contributed by atoms with E-state index in [0.717, 1.165) is 12.1 Å². The topological polar surface area (TPSA) is 76.0 Å². The van der Waals surface area contributed by atoms with E-state index in [2.05, 4.69) is 15.6 Å². The van der Waals surface area contributed by atoms with Gasteiger partial charge in [0.05, 0.1) is 6.33 Å². The minimum atomic E-state index is -1.05. The van der Waals surface area contributed by atoms with Crippen LogP contribution in [0.1, 0.15) is 5.69 Å². The van der Waals surface area contributed by atoms with Gasteiger partial charge in [0.2, 0.25) is 0 Å². The molecule has 0 aliphatic rings. The van der Waals surface area contributed by atoms with E-state index < -0.39 is 17.7 Å². The molecular weight excluding hydrogens is 294 g/mol. The highest BCUT2D eigenvalue weighted by atomic mass is 19.2. The molecule has 8 heteroatoms. The Balaban J connectivity index is 1.85. The molecule has 1 aromatic heterocycles. The molecule has 6 nitrogen and oxygen atoms in total. The quantitative estimate of drug-likeness (QED) is 0.902. The third-order valence-electron chi connectivity index (χ3n) is 2.83. The molecule has 0 fully saturated rings. The van der Waals surface area contributed by atoms with Crippen molar-refractivity contribution < 1.29 is 13.6 Å². The van der Waals surface area contributed by atoms with Gasteiger partial charge in [-0.15, -0.1) is 0 Å². The third kappa shape index (κ3) is 4.11. The van der Waals surface area contributed by atoms with Crippen molar-refractivity contribution in [3.63, 3.8) is 0 Å². The van der Waals surface area contributed by atoms with Crippen LogP contribution in [0, 0.1) is 18.6 Å². The van der Waals surface area contributed by atoms with Crippen molar-refractivity contribution in [1.29, 1.82) is 0 Å². The van der Waals surface area contributed by atoms with Crippen LogP contribution in [0.25, 0.3) is 0 Å². The number of aryl methyl sites for hydroxylation is 1. The Hall–Kier alpha value is -2.77. The zero-order chi connectivity index (χ0) is 16.1. The molecule has 1 heterocycles. The fraction of sp³-hybridized carbons (Fsp3) is 0.214. The summed E-state index contributed by atoms with van der Waals surface area (Å²) in [7, 11) is 0. The first-order chi connectivity index (χ1) is 10.5. The Morgan fingerprint density at radius 3 is 2.73 bits per heavy atom. The molecule has 2 N–H and O–H groups in total. The van der Waals surface area contributed by atoms with Crippen molar-refractivity contribution in [2.75, 3.05) is 11.9 Å². The van der Waals surface area contributed by atoms with Gasteiger partial charge in [-0.05, 0) is 19.1 Å². The van der Waals surface area contributed by atoms with Crippen LogP contribution >= 0.6 is 0 Å². The van der Waals surface area contributed by atoms with E-state index >= 15 is 0 Å². The van der Waals surface area contributed by atoms with Gasteiger partial charge in [-0.2, -0.15) is 0 Å². The van der Waals surface area contributed by atoms with Crippen LogP contribution in [-0.2, 0) is 6.54 Å². The first-order valence-corrected chi connectivity index (χ1v) is 6.48. The Labute approximate surface area is 124 Å². The average Bonchev–Trinajstić information content (AvgIpc) is 2.45. The number of nitrogens with zero attached hydrogens (tertiary/aromatic N) is 2. The van der Waals surface area contributed by atoms with Crippen LogP contribution in [0.3, 0.4) is 0 Å². The predicted octanol–water partition coefficient (Wildman–Crippen LogP) is 1.65. The summed E-state index contributed by atoms with van der Waals surface area (Å²) in [5.41, 5.74) is 0.533. The van der Waals surface area contributed by atoms with Gasteiger partial charge in [0.25, 0.3) is 5.56 Å². The molecule has 0 saturated heterocycles. The minimum absolute atomic E-state index is 0.130. The first kappa shape index (κ1) is 15.6. The Morgan fingerprint density at radius 2 is 2.05 bits per heavy atom. The van der Waals surface area contributed by atoms with Crippen LogP contribution in [0.15, 0.2) is 35.4 Å². The predicted molar refractivity (Wildman–Crippen MR) is 76.6 cm³/mol. The number of benzene rings is 1. The molecule has 0 saturated carbocycles. The maximum atomic E-state index is 13.0. The summed E-state index contributed by atoms with van der Waals surface area (Å²) in [6.07, 6.45) is 1.40. The van der Waals surface area contributed by atoms with Gasteiger partial charge in [0, 0.05) is 36.6 Å². The lowest BCUT2D eigenvalue weighted by atomic mass is 10.3. The Morgan fingerprint density at radius 1 is 1.27 bits per heavy atom. The van der Waals surface area contributed by atoms with E-state index in [1.165, 1.54) is 23.0 Å². The van der Waals surface area contributed by atoms with E-state index in [4.69, 9.17) is 0 Å². The van der Waals surface area contributed by atoms with Gasteiger partial charge in [0.15, 0.2) is 11.6 Å². The van der Waals surface area contributed by atoms with E-state index in [0.29, 0.717) is 5.69 Å². The highest BCUT2D eigenvalue weighted by molar-refractivity contribution is 5.89. The molecule has 116 valence electrons. The smallest absolute Gasteiger partial charge is 0.319 e. The van der Waals surface area contributed by atoms with Gasteiger partial charge in [-0.1, -0.05) is 0 Å². The van der Waals surface area contributed by atoms with E-state index in [-0.39, 0.29) is 24.3 Å². The highest BCUT2D eigenvalue weighted by Crippen LogP contribution is 2.12. The van der Waals surface area contributed by atoms with Crippen molar-refractivity contribution >= 4 is 11.7 Å². The summed E-state index contributed by atoms with van der Waals surface area (Å²) < 4.78 is 27.1. The van der Waals surface area contributed by atoms with Crippen LogP contribution in [0.5, 0.6) is 0 Å². The molecule has 2 amide bonds. The molecular formula is C14H14F2N4O2. The summed E-state index contributed by atoms with van der Waals surface area (Å²) in [6, 6.07) is 3.85. The number of anilines is 1. The second-order valence-electron chi connectivity index (χ2n) is 4.57. The molecule has 0 unspecified atom stereocenters. The fourth-order valence-electron chi connectivity index (χ4n) is 1.72. The molecule has 0 atom stereocenters. The number of nitrogens with one attached hydrogen (secondary N) is 2. The van der Waals surface area contributed by atoms with Gasteiger partial charge < -0.3 is 10.6 Å². The standard InChI is InChI=1S/C14H14F2N4O2/c1-9-6-13(21)20(8-18-9)5-4-17-14(22)19-10-2-3-11(15)12(16)7-10/h2-3,6-8H,4-5H2,1H3,(H2,17,19,22). The highest BCUT2D eigenvalue weighted by Gasteiger charge is 2.06. The molecule has 1 aromatic carbocycles. The summed E-state index contributed by atoms with van der Waals surface area (Å²) in [6.45, 7) is 2.14. The van der Waals surface area contributed by atoms with Gasteiger partial charge in [-0.3, -0.25) is 9.36 Å². The molecule has 0 radical (unpaired) electrons. The van der Waals surface area contributed by atoms with Crippen LogP contribution in [-0.4, -0.2) is 22.1 Å². The van der Waals surface area contributed by atoms with Crippen molar-refractivity contribution in [3.8, 4) is 0 Å². The Kier molecular flexibility index (Phi) is 4.82. The second kappa shape index (κ2) is 6.79. The van der Waals surface area contributed by atoms with Crippen molar-refractivity contribution in [1.82, 2.24) is 14.9 Å². The van der Waals surface area contributed by atoms with Crippen LogP contribution in [0.4, 0.5) is 19.3 Å². The van der Waals surface area contributed by atoms with E-state index in [1.807, 2.05) is 0 Å². The number of hydrogen-bond donors (Lipinski definition) is 2. The summed E-state index contributed by atoms with van der Waals surface area (Å²) in [5.74, 6) is -2.03. The summed E-state index contributed by atoms with van der Waals surface area (Å²) >= 11 is 0. The summed E-state index contributed by atoms with van der Waals surface area (Å²) in [5, 5.41) is 4.86. The zero-order valence-corrected chi connectivity index (χ0v) is 11.8. The minimum Gasteiger partial charge on any atom is -0.336 e. The van der Waals surface area contributed by atoms with Crippen LogP contribution in [0.2, 0.25) is 0 Å². The lowest BCUT2D eigenvalue weighted by Crippen LogP contribution is -2.33. The molecule has 0 aliphatic heterocycles. The molecule has 0 spiro atoms. The average molecular weight is 308 g/mol. The van der Waals surface area contributed by atoms with Crippen molar-refractivity contribution in [3.05, 3.63) is 58.3 Å². The molecule has 2 aromatic rings. The number of aromatic nitrogens is 2. The van der Waals surface area contributed by atoms with E-state index in [9.17, 15) is 18.4 Å². The molecule has 22 heavy (non-hydrogen) atoms. The lowest BCUT2D eigenvalue weighted by molar-refractivity contribution is 0.251. The number of halogens is 2. The largest absolute Gasteiger partial charge is 0.336 e. The van der Waals surface area contributed by atoms with Crippen molar-refractivity contribution in [2.45, 2.75) is 13.5 Å². The van der Waals surface area contributed by atoms with E-state index in [1.54, 1.807) is 6.92 Å². The summed E-state index contributed by atoms with van der Waals surface area (Å²) in [4.78, 5) is 27.2. The van der Waals surface area contributed by atoms with Gasteiger partial charge in [-0.25, -0.2) is 18.6 Å². The number of carbonyl (C=O) groups is 1. The number of amides is 2. The number of rotatable bonds is 4. The normalized spacial score (nSPS) is 10.3. The van der Waals surface area contributed by atoms with Gasteiger partial charge >= 0.3 is 6.03 Å². The zero-order valence-electron chi connectivity index (χ0n) is 11.8. The second-order valence-corrected chi connectivity index (χ2v) is 4.57. The maximum absolute atomic E-state index is 13.0. The fourth-order valence-corrected chi connectivity index (χ4v) is 1.72.